The van der Waals surface area contributed by atoms with Crippen LogP contribution in [0.5, 0.6) is 0 Å². The summed E-state index contributed by atoms with van der Waals surface area (Å²) in [5.74, 6) is 0.666. The third kappa shape index (κ3) is 4.46. The smallest absolute Gasteiger partial charge is 0.133 e. The number of ketones is 1. The third-order valence-corrected chi connectivity index (χ3v) is 3.05. The van der Waals surface area contributed by atoms with Gasteiger partial charge in [-0.05, 0) is 52.9 Å². The van der Waals surface area contributed by atoms with Gasteiger partial charge in [0.25, 0.3) is 0 Å². The lowest BCUT2D eigenvalue weighted by atomic mass is 9.85. The number of rotatable bonds is 4. The molecule has 0 bridgehead atoms. The molecule has 0 saturated carbocycles. The van der Waals surface area contributed by atoms with E-state index in [-0.39, 0.29) is 0 Å². The monoisotopic (exact) mass is 206 g/mol. The number of carbonyl (C=O) groups is 1. The van der Waals surface area contributed by atoms with Crippen LogP contribution in [0.2, 0.25) is 0 Å². The molecular weight excluding hydrogens is 184 g/mol. The predicted octanol–water partition coefficient (Wildman–Crippen LogP) is 4.05. The van der Waals surface area contributed by atoms with E-state index in [1.807, 2.05) is 0 Å². The Labute approximate surface area is 93.3 Å². The molecule has 0 spiro atoms. The minimum atomic E-state index is 0.303. The van der Waals surface area contributed by atoms with Crippen LogP contribution < -0.4 is 0 Å². The lowest BCUT2D eigenvalue weighted by molar-refractivity contribution is -0.121. The second kappa shape index (κ2) is 5.89. The number of Topliss-reactive ketones (excluding diaryl/α,β-unsaturated/α-hetero) is 1. The Balaban J connectivity index is 2.40. The molecule has 1 heteroatoms. The van der Waals surface area contributed by atoms with E-state index in [9.17, 15) is 4.79 Å². The van der Waals surface area contributed by atoms with E-state index in [4.69, 9.17) is 0 Å². The lowest BCUT2D eigenvalue weighted by Crippen LogP contribution is -2.14. The molecule has 15 heavy (non-hydrogen) atoms. The van der Waals surface area contributed by atoms with E-state index >= 15 is 0 Å². The van der Waals surface area contributed by atoms with Crippen LogP contribution in [0.4, 0.5) is 0 Å². The van der Waals surface area contributed by atoms with Crippen LogP contribution in [0.25, 0.3) is 0 Å². The van der Waals surface area contributed by atoms with E-state index in [1.165, 1.54) is 11.1 Å². The van der Waals surface area contributed by atoms with Crippen molar-refractivity contribution in [1.82, 2.24) is 0 Å². The first-order chi connectivity index (χ1) is 7.09. The Kier molecular flexibility index (Phi) is 4.80. The van der Waals surface area contributed by atoms with Gasteiger partial charge < -0.3 is 0 Å². The fourth-order valence-electron chi connectivity index (χ4n) is 2.09. The molecule has 1 aliphatic rings. The molecule has 1 rings (SSSR count). The summed E-state index contributed by atoms with van der Waals surface area (Å²) in [6, 6.07) is 0. The van der Waals surface area contributed by atoms with E-state index < -0.39 is 0 Å². The van der Waals surface area contributed by atoms with Crippen molar-refractivity contribution in [2.24, 2.45) is 5.92 Å². The van der Waals surface area contributed by atoms with Gasteiger partial charge in [-0.1, -0.05) is 23.3 Å². The molecule has 0 fully saturated rings. The highest BCUT2D eigenvalue weighted by molar-refractivity contribution is 5.78. The van der Waals surface area contributed by atoms with Crippen molar-refractivity contribution in [2.45, 2.75) is 52.9 Å². The summed E-state index contributed by atoms with van der Waals surface area (Å²) >= 11 is 0. The van der Waals surface area contributed by atoms with Crippen LogP contribution in [0.15, 0.2) is 23.3 Å². The minimum absolute atomic E-state index is 0.303. The average molecular weight is 206 g/mol. The molecule has 0 aromatic rings. The quantitative estimate of drug-likeness (QED) is 0.634. The number of hydrogen-bond acceptors (Lipinski definition) is 1. The summed E-state index contributed by atoms with van der Waals surface area (Å²) in [5.41, 5.74) is 2.87. The summed E-state index contributed by atoms with van der Waals surface area (Å²) < 4.78 is 0. The maximum absolute atomic E-state index is 11.3. The summed E-state index contributed by atoms with van der Waals surface area (Å²) in [7, 11) is 0. The van der Waals surface area contributed by atoms with Crippen LogP contribution in [0.3, 0.4) is 0 Å². The number of hydrogen-bond donors (Lipinski definition) is 0. The van der Waals surface area contributed by atoms with Crippen LogP contribution in [-0.2, 0) is 4.79 Å². The molecule has 0 aromatic carbocycles. The highest BCUT2D eigenvalue weighted by Gasteiger charge is 2.18. The Hall–Kier alpha value is -0.850. The summed E-state index contributed by atoms with van der Waals surface area (Å²) in [6.07, 6.45) is 10.0. The van der Waals surface area contributed by atoms with Gasteiger partial charge in [-0.2, -0.15) is 0 Å². The zero-order valence-corrected chi connectivity index (χ0v) is 10.2. The van der Waals surface area contributed by atoms with E-state index in [1.54, 1.807) is 6.92 Å². The molecule has 0 aliphatic heterocycles. The molecule has 84 valence electrons. The Morgan fingerprint density at radius 2 is 2.20 bits per heavy atom. The van der Waals surface area contributed by atoms with Gasteiger partial charge in [0.1, 0.15) is 5.78 Å². The van der Waals surface area contributed by atoms with Gasteiger partial charge in [-0.3, -0.25) is 4.79 Å². The van der Waals surface area contributed by atoms with Gasteiger partial charge in [-0.25, -0.2) is 0 Å². The maximum Gasteiger partial charge on any atom is 0.133 e. The summed E-state index contributed by atoms with van der Waals surface area (Å²) in [5, 5.41) is 0. The molecule has 0 saturated heterocycles. The fourth-order valence-corrected chi connectivity index (χ4v) is 2.09. The zero-order chi connectivity index (χ0) is 11.3. The van der Waals surface area contributed by atoms with Crippen molar-refractivity contribution in [3.05, 3.63) is 23.3 Å². The molecule has 1 aliphatic carbocycles. The maximum atomic E-state index is 11.3. The molecule has 0 aromatic heterocycles. The second-order valence-corrected chi connectivity index (χ2v) is 4.77. The van der Waals surface area contributed by atoms with Gasteiger partial charge in [0, 0.05) is 5.92 Å². The van der Waals surface area contributed by atoms with Crippen molar-refractivity contribution in [1.29, 1.82) is 0 Å². The van der Waals surface area contributed by atoms with Gasteiger partial charge in [0.05, 0.1) is 0 Å². The van der Waals surface area contributed by atoms with Crippen molar-refractivity contribution in [3.8, 4) is 0 Å². The Bertz CT molecular complexity index is 280. The largest absolute Gasteiger partial charge is 0.300 e. The predicted molar refractivity (Wildman–Crippen MR) is 64.8 cm³/mol. The second-order valence-electron chi connectivity index (χ2n) is 4.77. The van der Waals surface area contributed by atoms with Crippen LogP contribution in [0, 0.1) is 5.92 Å². The lowest BCUT2D eigenvalue weighted by Gasteiger charge is -2.20. The standard InChI is InChI=1S/C14H22O/c1-11(2)6-4-7-13-8-5-9-14(10-13)12(3)15/h6,8,14H,4-5,7,9-10H2,1-3H3. The summed E-state index contributed by atoms with van der Waals surface area (Å²) in [6.45, 7) is 5.99. The third-order valence-electron chi connectivity index (χ3n) is 3.05. The fraction of sp³-hybridized carbons (Fsp3) is 0.643. The zero-order valence-electron chi connectivity index (χ0n) is 10.2. The van der Waals surface area contributed by atoms with Crippen LogP contribution in [-0.4, -0.2) is 5.78 Å². The molecule has 1 atom stereocenters. The molecule has 0 heterocycles. The van der Waals surface area contributed by atoms with Crippen LogP contribution in [0.1, 0.15) is 52.9 Å². The number of allylic oxidation sites excluding steroid dienone is 4. The van der Waals surface area contributed by atoms with Crippen LogP contribution >= 0.6 is 0 Å². The van der Waals surface area contributed by atoms with Crippen molar-refractivity contribution >= 4 is 5.78 Å². The molecular formula is C14H22O. The first kappa shape index (κ1) is 12.2. The molecule has 0 amide bonds. The molecule has 1 nitrogen and oxygen atoms in total. The molecule has 0 N–H and O–H groups in total. The highest BCUT2D eigenvalue weighted by atomic mass is 16.1. The Morgan fingerprint density at radius 3 is 2.80 bits per heavy atom. The van der Waals surface area contributed by atoms with Crippen molar-refractivity contribution in [3.63, 3.8) is 0 Å². The SMILES string of the molecule is CC(=O)C1CCC=C(CCC=C(C)C)C1. The normalized spacial score (nSPS) is 20.7. The van der Waals surface area contributed by atoms with E-state index in [0.717, 1.165) is 32.1 Å². The minimum Gasteiger partial charge on any atom is -0.300 e. The van der Waals surface area contributed by atoms with Gasteiger partial charge >= 0.3 is 0 Å². The molecule has 1 unspecified atom stereocenters. The summed E-state index contributed by atoms with van der Waals surface area (Å²) in [4.78, 5) is 11.3. The highest BCUT2D eigenvalue weighted by Crippen LogP contribution is 2.27. The van der Waals surface area contributed by atoms with E-state index in [0.29, 0.717) is 11.7 Å². The van der Waals surface area contributed by atoms with Crippen molar-refractivity contribution < 1.29 is 4.79 Å². The first-order valence-electron chi connectivity index (χ1n) is 5.91. The molecule has 0 radical (unpaired) electrons. The average Bonchev–Trinajstić information content (AvgIpc) is 2.17. The van der Waals surface area contributed by atoms with Gasteiger partial charge in [-0.15, -0.1) is 0 Å². The first-order valence-corrected chi connectivity index (χ1v) is 5.91. The van der Waals surface area contributed by atoms with E-state index in [2.05, 4.69) is 26.0 Å². The van der Waals surface area contributed by atoms with Gasteiger partial charge in [0.2, 0.25) is 0 Å². The Morgan fingerprint density at radius 1 is 1.47 bits per heavy atom. The van der Waals surface area contributed by atoms with Gasteiger partial charge in [0.15, 0.2) is 0 Å². The van der Waals surface area contributed by atoms with Crippen molar-refractivity contribution in [2.75, 3.05) is 0 Å². The topological polar surface area (TPSA) is 17.1 Å². The number of carbonyl (C=O) groups excluding carboxylic acids is 1.